The van der Waals surface area contributed by atoms with Crippen molar-refractivity contribution in [2.45, 2.75) is 0 Å². The Labute approximate surface area is 75.3 Å². The zero-order valence-corrected chi connectivity index (χ0v) is 7.84. The fourth-order valence-electron chi connectivity index (χ4n) is 0.647. The first-order valence-electron chi connectivity index (χ1n) is 3.48. The van der Waals surface area contributed by atoms with Gasteiger partial charge in [-0.1, -0.05) is 0 Å². The van der Waals surface area contributed by atoms with Crippen LogP contribution in [0.5, 0.6) is 0 Å². The topological polar surface area (TPSA) is 32.7 Å². The number of rotatable bonds is 3. The van der Waals surface area contributed by atoms with Crippen LogP contribution in [-0.2, 0) is 0 Å². The Hall–Kier alpha value is -1.16. The average Bonchev–Trinajstić information content (AvgIpc) is 2.48. The molecule has 1 aromatic rings. The lowest BCUT2D eigenvalue weighted by atomic mass is 10.5. The van der Waals surface area contributed by atoms with E-state index in [-0.39, 0.29) is 0 Å². The van der Waals surface area contributed by atoms with Crippen LogP contribution in [-0.4, -0.2) is 31.6 Å². The molecule has 0 aliphatic rings. The van der Waals surface area contributed by atoms with E-state index in [0.29, 0.717) is 4.88 Å². The van der Waals surface area contributed by atoms with Gasteiger partial charge in [0.25, 0.3) is 0 Å². The van der Waals surface area contributed by atoms with Crippen LogP contribution < -0.4 is 0 Å². The molecule has 0 N–H and O–H groups in total. The van der Waals surface area contributed by atoms with E-state index in [1.165, 1.54) is 11.3 Å². The second-order valence-corrected chi connectivity index (χ2v) is 3.60. The lowest BCUT2D eigenvalue weighted by molar-refractivity contribution is 0.112. The fourth-order valence-corrected chi connectivity index (χ4v) is 1.31. The molecule has 0 fully saturated rings. The van der Waals surface area contributed by atoms with Gasteiger partial charge >= 0.3 is 0 Å². The van der Waals surface area contributed by atoms with Crippen LogP contribution in [0.2, 0.25) is 0 Å². The molecule has 0 saturated carbocycles. The van der Waals surface area contributed by atoms with Crippen LogP contribution in [0.3, 0.4) is 0 Å². The summed E-state index contributed by atoms with van der Waals surface area (Å²) in [6, 6.07) is 3.59. The molecular formula is C8H10N2OS. The number of hydrogen-bond acceptors (Lipinski definition) is 3. The molecule has 64 valence electrons. The summed E-state index contributed by atoms with van der Waals surface area (Å²) >= 11 is 1.38. The number of nitrogens with zero attached hydrogens (tertiary/aromatic N) is 2. The molecule has 0 amide bonds. The van der Waals surface area contributed by atoms with Crippen LogP contribution in [0.4, 0.5) is 5.00 Å². The third kappa shape index (κ3) is 2.47. The molecule has 0 atom stereocenters. The maximum absolute atomic E-state index is 10.3. The van der Waals surface area contributed by atoms with Gasteiger partial charge in [-0.05, 0) is 12.1 Å². The van der Waals surface area contributed by atoms with Crippen LogP contribution in [0, 0.1) is 0 Å². The van der Waals surface area contributed by atoms with Crippen molar-refractivity contribution in [1.82, 2.24) is 4.90 Å². The highest BCUT2D eigenvalue weighted by Crippen LogP contribution is 2.22. The van der Waals surface area contributed by atoms with Crippen molar-refractivity contribution in [2.75, 3.05) is 14.1 Å². The van der Waals surface area contributed by atoms with Crippen molar-refractivity contribution in [1.29, 1.82) is 0 Å². The Kier molecular flexibility index (Phi) is 2.99. The van der Waals surface area contributed by atoms with Crippen LogP contribution in [0.1, 0.15) is 9.67 Å². The second kappa shape index (κ2) is 4.01. The van der Waals surface area contributed by atoms with Crippen molar-refractivity contribution in [2.24, 2.45) is 4.99 Å². The highest BCUT2D eigenvalue weighted by atomic mass is 32.1. The molecule has 0 aliphatic heterocycles. The van der Waals surface area contributed by atoms with Gasteiger partial charge in [0.05, 0.1) is 11.2 Å². The Morgan fingerprint density at radius 3 is 2.75 bits per heavy atom. The predicted molar refractivity (Wildman–Crippen MR) is 51.5 cm³/mol. The smallest absolute Gasteiger partial charge is 0.160 e. The van der Waals surface area contributed by atoms with E-state index in [9.17, 15) is 4.79 Å². The molecule has 1 heterocycles. The minimum Gasteiger partial charge on any atom is -0.369 e. The van der Waals surface area contributed by atoms with Gasteiger partial charge in [0, 0.05) is 14.1 Å². The fraction of sp³-hybridized carbons (Fsp3) is 0.250. The third-order valence-electron chi connectivity index (χ3n) is 1.14. The van der Waals surface area contributed by atoms with E-state index in [1.807, 2.05) is 25.1 Å². The van der Waals surface area contributed by atoms with Gasteiger partial charge in [0.1, 0.15) is 5.00 Å². The summed E-state index contributed by atoms with van der Waals surface area (Å²) in [6.07, 6.45) is 2.54. The number of thiophene rings is 1. The highest BCUT2D eigenvalue weighted by Gasteiger charge is 1.94. The predicted octanol–water partition coefficient (Wildman–Crippen LogP) is 1.78. The minimum absolute atomic E-state index is 0.709. The van der Waals surface area contributed by atoms with Gasteiger partial charge in [0.15, 0.2) is 6.29 Å². The lowest BCUT2D eigenvalue weighted by Crippen LogP contribution is -2.06. The van der Waals surface area contributed by atoms with Gasteiger partial charge in [-0.3, -0.25) is 4.79 Å². The van der Waals surface area contributed by atoms with E-state index >= 15 is 0 Å². The molecule has 0 aliphatic carbocycles. The van der Waals surface area contributed by atoms with Crippen molar-refractivity contribution in [3.8, 4) is 0 Å². The quantitative estimate of drug-likeness (QED) is 0.405. The first-order valence-corrected chi connectivity index (χ1v) is 4.29. The number of hydrogen-bond donors (Lipinski definition) is 0. The van der Waals surface area contributed by atoms with Gasteiger partial charge < -0.3 is 4.90 Å². The zero-order valence-electron chi connectivity index (χ0n) is 7.02. The summed E-state index contributed by atoms with van der Waals surface area (Å²) in [4.78, 5) is 17.0. The largest absolute Gasteiger partial charge is 0.369 e. The maximum Gasteiger partial charge on any atom is 0.160 e. The summed E-state index contributed by atoms with van der Waals surface area (Å²) in [7, 11) is 3.80. The molecule has 0 spiro atoms. The SMILES string of the molecule is CN(C)/C=N/c1ccc(C=O)s1. The van der Waals surface area contributed by atoms with Crippen molar-refractivity contribution >= 4 is 29.0 Å². The monoisotopic (exact) mass is 182 g/mol. The van der Waals surface area contributed by atoms with Crippen LogP contribution in [0.15, 0.2) is 17.1 Å². The number of aldehydes is 1. The zero-order chi connectivity index (χ0) is 8.97. The van der Waals surface area contributed by atoms with Gasteiger partial charge in [-0.25, -0.2) is 4.99 Å². The first-order chi connectivity index (χ1) is 5.72. The van der Waals surface area contributed by atoms with Crippen LogP contribution in [0.25, 0.3) is 0 Å². The van der Waals surface area contributed by atoms with E-state index in [2.05, 4.69) is 4.99 Å². The molecule has 0 aromatic carbocycles. The van der Waals surface area contributed by atoms with Gasteiger partial charge in [0.2, 0.25) is 0 Å². The van der Waals surface area contributed by atoms with E-state index in [4.69, 9.17) is 0 Å². The Morgan fingerprint density at radius 2 is 2.25 bits per heavy atom. The Morgan fingerprint density at radius 1 is 1.50 bits per heavy atom. The van der Waals surface area contributed by atoms with Crippen molar-refractivity contribution in [3.63, 3.8) is 0 Å². The van der Waals surface area contributed by atoms with E-state index in [1.54, 1.807) is 12.4 Å². The molecule has 3 nitrogen and oxygen atoms in total. The summed E-state index contributed by atoms with van der Waals surface area (Å²) in [6.45, 7) is 0. The van der Waals surface area contributed by atoms with Gasteiger partial charge in [-0.15, -0.1) is 11.3 Å². The number of carbonyl (C=O) groups is 1. The third-order valence-corrected chi connectivity index (χ3v) is 2.06. The molecule has 0 radical (unpaired) electrons. The van der Waals surface area contributed by atoms with Crippen LogP contribution >= 0.6 is 11.3 Å². The molecule has 0 unspecified atom stereocenters. The summed E-state index contributed by atoms with van der Waals surface area (Å²) in [5.74, 6) is 0. The summed E-state index contributed by atoms with van der Waals surface area (Å²) in [5.41, 5.74) is 0. The van der Waals surface area contributed by atoms with Gasteiger partial charge in [-0.2, -0.15) is 0 Å². The molecule has 1 rings (SSSR count). The van der Waals surface area contributed by atoms with Crippen molar-refractivity contribution in [3.05, 3.63) is 17.0 Å². The highest BCUT2D eigenvalue weighted by molar-refractivity contribution is 7.17. The molecule has 12 heavy (non-hydrogen) atoms. The molecule has 1 aromatic heterocycles. The Balaban J connectivity index is 2.70. The number of aliphatic imine (C=N–C) groups is 1. The molecule has 0 saturated heterocycles. The summed E-state index contributed by atoms with van der Waals surface area (Å²) in [5, 5.41) is 0.853. The summed E-state index contributed by atoms with van der Waals surface area (Å²) < 4.78 is 0. The van der Waals surface area contributed by atoms with Crippen molar-refractivity contribution < 1.29 is 4.79 Å². The average molecular weight is 182 g/mol. The second-order valence-electron chi connectivity index (χ2n) is 2.50. The Bertz CT molecular complexity index is 291. The first kappa shape index (κ1) is 8.93. The number of carbonyl (C=O) groups excluding carboxylic acids is 1. The maximum atomic E-state index is 10.3. The minimum atomic E-state index is 0.709. The molecule has 0 bridgehead atoms. The molecule has 4 heteroatoms. The van der Waals surface area contributed by atoms with E-state index < -0.39 is 0 Å². The molecular weight excluding hydrogens is 172 g/mol. The standard InChI is InChI=1S/C8H10N2OS/c1-10(2)6-9-8-4-3-7(5-11)12-8/h3-6H,1-2H3/b9-6+. The lowest BCUT2D eigenvalue weighted by Gasteiger charge is -2.00. The van der Waals surface area contributed by atoms with E-state index in [0.717, 1.165) is 11.3 Å². The normalized spacial score (nSPS) is 10.5.